The van der Waals surface area contributed by atoms with Gasteiger partial charge in [-0.3, -0.25) is 4.79 Å². The lowest BCUT2D eigenvalue weighted by molar-refractivity contribution is -0.137. The van der Waals surface area contributed by atoms with Crippen LogP contribution < -0.4 is 5.32 Å². The van der Waals surface area contributed by atoms with E-state index in [9.17, 15) is 23.2 Å². The molecule has 4 nitrogen and oxygen atoms in total. The molecule has 0 unspecified atom stereocenters. The third kappa shape index (κ3) is 4.22. The Labute approximate surface area is 171 Å². The first-order chi connectivity index (χ1) is 14.3. The minimum Gasteiger partial charge on any atom is -0.322 e. The van der Waals surface area contributed by atoms with Crippen LogP contribution in [0.25, 0.3) is 11.1 Å². The molecular formula is C23H19F3N2O2. The molecule has 0 saturated carbocycles. The summed E-state index contributed by atoms with van der Waals surface area (Å²) in [6.07, 6.45) is -3.73. The summed E-state index contributed by atoms with van der Waals surface area (Å²) in [5, 5.41) is 13.7. The van der Waals surface area contributed by atoms with E-state index in [2.05, 4.69) is 5.32 Å². The molecule has 4 rings (SSSR count). The number of amides is 1. The third-order valence-electron chi connectivity index (χ3n) is 5.15. The number of rotatable bonds is 3. The van der Waals surface area contributed by atoms with Gasteiger partial charge in [-0.05, 0) is 59.0 Å². The Balaban J connectivity index is 1.59. The summed E-state index contributed by atoms with van der Waals surface area (Å²) >= 11 is 0. The quantitative estimate of drug-likeness (QED) is 0.608. The van der Waals surface area contributed by atoms with Crippen LogP contribution in [-0.2, 0) is 19.1 Å². The Hall–Kier alpha value is -3.16. The minimum absolute atomic E-state index is 0.343. The number of hydroxylamine groups is 2. The predicted molar refractivity (Wildman–Crippen MR) is 107 cm³/mol. The molecule has 2 N–H and O–H groups in total. The van der Waals surface area contributed by atoms with Crippen molar-refractivity contribution in [3.8, 4) is 11.1 Å². The van der Waals surface area contributed by atoms with E-state index < -0.39 is 11.7 Å². The molecule has 1 aliphatic heterocycles. The SMILES string of the molecule is O=C(Nc1ccc2c(c1)CCN(O)C2)c1ccccc1-c1ccc(C(F)(F)F)cc1. The highest BCUT2D eigenvalue weighted by Gasteiger charge is 2.30. The molecule has 154 valence electrons. The number of fused-ring (bicyclic) bond motifs is 1. The van der Waals surface area contributed by atoms with Gasteiger partial charge >= 0.3 is 6.18 Å². The van der Waals surface area contributed by atoms with E-state index in [1.807, 2.05) is 12.1 Å². The molecule has 1 aliphatic rings. The molecule has 0 spiro atoms. The number of carbonyl (C=O) groups is 1. The summed E-state index contributed by atoms with van der Waals surface area (Å²) < 4.78 is 38.5. The second-order valence-electron chi connectivity index (χ2n) is 7.20. The Morgan fingerprint density at radius 1 is 0.967 bits per heavy atom. The van der Waals surface area contributed by atoms with Gasteiger partial charge in [0.1, 0.15) is 0 Å². The number of carbonyl (C=O) groups excluding carboxylic acids is 1. The van der Waals surface area contributed by atoms with Gasteiger partial charge in [-0.25, -0.2) is 0 Å². The van der Waals surface area contributed by atoms with Gasteiger partial charge in [0.15, 0.2) is 0 Å². The molecule has 0 aliphatic carbocycles. The first-order valence-electron chi connectivity index (χ1n) is 9.45. The van der Waals surface area contributed by atoms with Crippen molar-refractivity contribution in [1.29, 1.82) is 0 Å². The topological polar surface area (TPSA) is 52.6 Å². The van der Waals surface area contributed by atoms with E-state index in [1.54, 1.807) is 30.3 Å². The van der Waals surface area contributed by atoms with Gasteiger partial charge in [0.25, 0.3) is 5.91 Å². The lowest BCUT2D eigenvalue weighted by Crippen LogP contribution is -2.27. The highest BCUT2D eigenvalue weighted by molar-refractivity contribution is 6.08. The van der Waals surface area contributed by atoms with E-state index >= 15 is 0 Å². The molecule has 0 saturated heterocycles. The Morgan fingerprint density at radius 2 is 1.70 bits per heavy atom. The van der Waals surface area contributed by atoms with Crippen molar-refractivity contribution in [1.82, 2.24) is 5.06 Å². The smallest absolute Gasteiger partial charge is 0.322 e. The first kappa shape index (κ1) is 20.1. The number of nitrogens with zero attached hydrogens (tertiary/aromatic N) is 1. The zero-order chi connectivity index (χ0) is 21.3. The minimum atomic E-state index is -4.41. The number of benzene rings is 3. The summed E-state index contributed by atoms with van der Waals surface area (Å²) in [6, 6.07) is 17.1. The van der Waals surface area contributed by atoms with Crippen LogP contribution in [0.3, 0.4) is 0 Å². The zero-order valence-electron chi connectivity index (χ0n) is 15.9. The number of hydrogen-bond donors (Lipinski definition) is 2. The summed E-state index contributed by atoms with van der Waals surface area (Å²) in [7, 11) is 0. The highest BCUT2D eigenvalue weighted by Crippen LogP contribution is 2.32. The maximum absolute atomic E-state index is 12.9. The van der Waals surface area contributed by atoms with Crippen LogP contribution >= 0.6 is 0 Å². The third-order valence-corrected chi connectivity index (χ3v) is 5.15. The maximum atomic E-state index is 12.9. The fourth-order valence-electron chi connectivity index (χ4n) is 3.59. The van der Waals surface area contributed by atoms with Crippen LogP contribution in [0, 0.1) is 0 Å². The predicted octanol–water partition coefficient (Wildman–Crippen LogP) is 5.37. The van der Waals surface area contributed by atoms with Gasteiger partial charge in [0, 0.05) is 24.3 Å². The molecule has 1 amide bonds. The van der Waals surface area contributed by atoms with Crippen molar-refractivity contribution in [2.75, 3.05) is 11.9 Å². The monoisotopic (exact) mass is 412 g/mol. The summed E-state index contributed by atoms with van der Waals surface area (Å²) in [6.45, 7) is 0.974. The normalized spacial score (nSPS) is 14.3. The van der Waals surface area contributed by atoms with E-state index in [0.29, 0.717) is 41.9 Å². The van der Waals surface area contributed by atoms with Gasteiger partial charge in [0.05, 0.1) is 5.56 Å². The number of anilines is 1. The summed E-state index contributed by atoms with van der Waals surface area (Å²) in [4.78, 5) is 12.9. The van der Waals surface area contributed by atoms with Crippen LogP contribution in [0.1, 0.15) is 27.0 Å². The molecule has 30 heavy (non-hydrogen) atoms. The van der Waals surface area contributed by atoms with Gasteiger partial charge in [-0.15, -0.1) is 0 Å². The lowest BCUT2D eigenvalue weighted by atomic mass is 9.97. The van der Waals surface area contributed by atoms with E-state index in [-0.39, 0.29) is 5.91 Å². The van der Waals surface area contributed by atoms with Crippen LogP contribution in [0.5, 0.6) is 0 Å². The Morgan fingerprint density at radius 3 is 2.43 bits per heavy atom. The zero-order valence-corrected chi connectivity index (χ0v) is 15.9. The van der Waals surface area contributed by atoms with Gasteiger partial charge in [-0.2, -0.15) is 18.2 Å². The number of nitrogens with one attached hydrogen (secondary N) is 1. The van der Waals surface area contributed by atoms with Crippen LogP contribution in [0.15, 0.2) is 66.7 Å². The van der Waals surface area contributed by atoms with Crippen molar-refractivity contribution >= 4 is 11.6 Å². The number of alkyl halides is 3. The lowest BCUT2D eigenvalue weighted by Gasteiger charge is -2.23. The van der Waals surface area contributed by atoms with Crippen molar-refractivity contribution < 1.29 is 23.2 Å². The highest BCUT2D eigenvalue weighted by atomic mass is 19.4. The van der Waals surface area contributed by atoms with Crippen molar-refractivity contribution in [3.05, 3.63) is 89.0 Å². The van der Waals surface area contributed by atoms with E-state index in [1.165, 1.54) is 17.2 Å². The van der Waals surface area contributed by atoms with E-state index in [4.69, 9.17) is 0 Å². The van der Waals surface area contributed by atoms with Crippen LogP contribution in [0.2, 0.25) is 0 Å². The number of hydrogen-bond acceptors (Lipinski definition) is 3. The Kier molecular flexibility index (Phi) is 5.32. The molecule has 0 atom stereocenters. The van der Waals surface area contributed by atoms with Gasteiger partial charge < -0.3 is 10.5 Å². The van der Waals surface area contributed by atoms with Crippen molar-refractivity contribution in [2.24, 2.45) is 0 Å². The van der Waals surface area contributed by atoms with E-state index in [0.717, 1.165) is 23.3 Å². The standard InChI is InChI=1S/C23H19F3N2O2/c24-23(25,26)18-8-5-15(6-9-18)20-3-1-2-4-21(20)22(29)27-19-10-7-17-14-28(30)12-11-16(17)13-19/h1-10,13,30H,11-12,14H2,(H,27,29). The maximum Gasteiger partial charge on any atom is 0.416 e. The molecule has 0 bridgehead atoms. The van der Waals surface area contributed by atoms with Gasteiger partial charge in [-0.1, -0.05) is 36.4 Å². The summed E-state index contributed by atoms with van der Waals surface area (Å²) in [5.41, 5.74) is 3.42. The molecule has 0 fully saturated rings. The molecule has 0 radical (unpaired) electrons. The first-order valence-corrected chi connectivity index (χ1v) is 9.45. The van der Waals surface area contributed by atoms with Gasteiger partial charge in [0.2, 0.25) is 0 Å². The fraction of sp³-hybridized carbons (Fsp3) is 0.174. The molecule has 0 aromatic heterocycles. The molecule has 3 aromatic rings. The van der Waals surface area contributed by atoms with Crippen molar-refractivity contribution in [2.45, 2.75) is 19.1 Å². The Bertz CT molecular complexity index is 1080. The molecular weight excluding hydrogens is 393 g/mol. The van der Waals surface area contributed by atoms with Crippen LogP contribution in [0.4, 0.5) is 18.9 Å². The second kappa shape index (κ2) is 7.93. The molecule has 7 heteroatoms. The average molecular weight is 412 g/mol. The van der Waals surface area contributed by atoms with Crippen LogP contribution in [-0.4, -0.2) is 22.7 Å². The fourth-order valence-corrected chi connectivity index (χ4v) is 3.59. The number of halogens is 3. The summed E-state index contributed by atoms with van der Waals surface area (Å²) in [5.74, 6) is -0.343. The molecule has 1 heterocycles. The second-order valence-corrected chi connectivity index (χ2v) is 7.20. The largest absolute Gasteiger partial charge is 0.416 e. The average Bonchev–Trinajstić information content (AvgIpc) is 2.73. The van der Waals surface area contributed by atoms with Crippen molar-refractivity contribution in [3.63, 3.8) is 0 Å². The molecule has 3 aromatic carbocycles.